The average molecular weight is 297 g/mol. The fourth-order valence-electron chi connectivity index (χ4n) is 2.69. The van der Waals surface area contributed by atoms with Gasteiger partial charge in [-0.2, -0.15) is 13.2 Å². The molecule has 1 heterocycles. The van der Waals surface area contributed by atoms with Gasteiger partial charge in [0.2, 0.25) is 0 Å². The van der Waals surface area contributed by atoms with Crippen LogP contribution in [0.2, 0.25) is 0 Å². The van der Waals surface area contributed by atoms with Gasteiger partial charge in [0.1, 0.15) is 6.04 Å². The second-order valence-electron chi connectivity index (χ2n) is 6.18. The van der Waals surface area contributed by atoms with Crippen molar-refractivity contribution in [2.45, 2.75) is 51.1 Å². The summed E-state index contributed by atoms with van der Waals surface area (Å²) in [5.41, 5.74) is 4.83. The number of hydrogen-bond donors (Lipinski definition) is 2. The topological polar surface area (TPSA) is 52.7 Å². The maximum atomic E-state index is 13.1. The van der Waals surface area contributed by atoms with E-state index in [4.69, 9.17) is 5.73 Å². The van der Waals surface area contributed by atoms with Crippen molar-refractivity contribution in [3.05, 3.63) is 0 Å². The fraction of sp³-hybridized carbons (Fsp3) is 1.00. The third-order valence-corrected chi connectivity index (χ3v) is 3.62. The highest BCUT2D eigenvalue weighted by Crippen LogP contribution is 2.28. The van der Waals surface area contributed by atoms with Crippen LogP contribution in [0.4, 0.5) is 13.2 Å². The molecule has 0 aromatic heterocycles. The molecule has 1 saturated heterocycles. The Balaban J connectivity index is 2.62. The molecule has 2 unspecified atom stereocenters. The van der Waals surface area contributed by atoms with Gasteiger partial charge in [-0.05, 0) is 20.3 Å². The summed E-state index contributed by atoms with van der Waals surface area (Å²) in [5.74, 6) is 0. The average Bonchev–Trinajstić information content (AvgIpc) is 2.27. The maximum Gasteiger partial charge on any atom is 0.405 e. The molecule has 0 aromatic rings. The number of β-amino-alcohol motifs (C(OH)–C–C–N with tert-alkyl or cyclic N) is 1. The molecule has 1 aliphatic heterocycles. The van der Waals surface area contributed by atoms with E-state index in [2.05, 4.69) is 0 Å². The second kappa shape index (κ2) is 6.60. The predicted molar refractivity (Wildman–Crippen MR) is 72.4 cm³/mol. The third kappa shape index (κ3) is 5.20. The molecule has 0 bridgehead atoms. The maximum absolute atomic E-state index is 13.1. The lowest BCUT2D eigenvalue weighted by atomic mass is 10.0. The van der Waals surface area contributed by atoms with Gasteiger partial charge < -0.3 is 10.8 Å². The van der Waals surface area contributed by atoms with Crippen LogP contribution in [0.15, 0.2) is 0 Å². The molecule has 1 aliphatic rings. The van der Waals surface area contributed by atoms with Gasteiger partial charge in [-0.1, -0.05) is 6.92 Å². The molecule has 2 atom stereocenters. The van der Waals surface area contributed by atoms with E-state index in [0.717, 1.165) is 0 Å². The molecule has 120 valence electrons. The summed E-state index contributed by atoms with van der Waals surface area (Å²) in [6.07, 6.45) is -4.00. The minimum Gasteiger partial charge on any atom is -0.389 e. The Hall–Kier alpha value is -0.370. The van der Waals surface area contributed by atoms with Crippen LogP contribution < -0.4 is 5.73 Å². The van der Waals surface area contributed by atoms with Crippen molar-refractivity contribution in [2.75, 3.05) is 32.7 Å². The molecule has 4 nitrogen and oxygen atoms in total. The van der Waals surface area contributed by atoms with E-state index < -0.39 is 23.9 Å². The Kier molecular flexibility index (Phi) is 5.83. The van der Waals surface area contributed by atoms with Gasteiger partial charge in [0, 0.05) is 38.8 Å². The van der Waals surface area contributed by atoms with Gasteiger partial charge in [-0.3, -0.25) is 9.80 Å². The van der Waals surface area contributed by atoms with E-state index in [9.17, 15) is 18.3 Å². The van der Waals surface area contributed by atoms with Gasteiger partial charge in [0.25, 0.3) is 0 Å². The number of piperazine rings is 1. The summed E-state index contributed by atoms with van der Waals surface area (Å²) in [6, 6.07) is -2.47. The molecule has 3 N–H and O–H groups in total. The van der Waals surface area contributed by atoms with E-state index in [1.807, 2.05) is 4.90 Å². The van der Waals surface area contributed by atoms with E-state index in [0.29, 0.717) is 39.1 Å². The van der Waals surface area contributed by atoms with Crippen LogP contribution in [-0.2, 0) is 0 Å². The highest BCUT2D eigenvalue weighted by molar-refractivity contribution is 4.90. The summed E-state index contributed by atoms with van der Waals surface area (Å²) in [6.45, 7) is 7.24. The second-order valence-corrected chi connectivity index (χ2v) is 6.18. The van der Waals surface area contributed by atoms with Crippen LogP contribution in [0.25, 0.3) is 0 Å². The largest absolute Gasteiger partial charge is 0.405 e. The van der Waals surface area contributed by atoms with Crippen molar-refractivity contribution >= 4 is 0 Å². The lowest BCUT2D eigenvalue weighted by Gasteiger charge is -2.42. The zero-order valence-electron chi connectivity index (χ0n) is 12.5. The first-order chi connectivity index (χ1) is 9.04. The lowest BCUT2D eigenvalue weighted by molar-refractivity contribution is -0.194. The van der Waals surface area contributed by atoms with Gasteiger partial charge in [-0.15, -0.1) is 0 Å². The molecule has 0 radical (unpaired) electrons. The Labute approximate surface area is 118 Å². The minimum atomic E-state index is -4.30. The number of nitrogens with zero attached hydrogens (tertiary/aromatic N) is 2. The molecule has 0 spiro atoms. The number of halogens is 3. The molecule has 1 rings (SSSR count). The Morgan fingerprint density at radius 2 is 1.65 bits per heavy atom. The first kappa shape index (κ1) is 17.7. The molecule has 0 saturated carbocycles. The standard InChI is InChI=1S/C13H26F3N3O/c1-4-10(17)11(13(14,15)16)19-7-5-18(6-8-19)9-12(2,3)20/h10-11,20H,4-9,17H2,1-3H3. The number of rotatable bonds is 5. The van der Waals surface area contributed by atoms with Crippen LogP contribution in [0, 0.1) is 0 Å². The van der Waals surface area contributed by atoms with Crippen LogP contribution in [0.5, 0.6) is 0 Å². The summed E-state index contributed by atoms with van der Waals surface area (Å²) in [7, 11) is 0. The van der Waals surface area contributed by atoms with Crippen LogP contribution in [0.1, 0.15) is 27.2 Å². The Bertz CT molecular complexity index is 296. The van der Waals surface area contributed by atoms with Gasteiger partial charge in [-0.25, -0.2) is 0 Å². The summed E-state index contributed by atoms with van der Waals surface area (Å²) >= 11 is 0. The fourth-order valence-corrected chi connectivity index (χ4v) is 2.69. The summed E-state index contributed by atoms with van der Waals surface area (Å²) < 4.78 is 39.4. The number of alkyl halides is 3. The lowest BCUT2D eigenvalue weighted by Crippen LogP contribution is -2.61. The number of aliphatic hydroxyl groups is 1. The van der Waals surface area contributed by atoms with Gasteiger partial charge in [0.05, 0.1) is 5.60 Å². The SMILES string of the molecule is CCC(N)C(N1CCN(CC(C)(C)O)CC1)C(F)(F)F. The molecule has 20 heavy (non-hydrogen) atoms. The van der Waals surface area contributed by atoms with Crippen LogP contribution in [0.3, 0.4) is 0 Å². The van der Waals surface area contributed by atoms with Crippen LogP contribution in [-0.4, -0.2) is 71.5 Å². The summed E-state index contributed by atoms with van der Waals surface area (Å²) in [5, 5.41) is 9.75. The molecule has 7 heteroatoms. The highest BCUT2D eigenvalue weighted by Gasteiger charge is 2.47. The van der Waals surface area contributed by atoms with Gasteiger partial charge >= 0.3 is 6.18 Å². The van der Waals surface area contributed by atoms with Crippen molar-refractivity contribution in [1.82, 2.24) is 9.80 Å². The van der Waals surface area contributed by atoms with Gasteiger partial charge in [0.15, 0.2) is 0 Å². The monoisotopic (exact) mass is 297 g/mol. The molecular formula is C13H26F3N3O. The zero-order chi connectivity index (χ0) is 15.6. The minimum absolute atomic E-state index is 0.300. The molecule has 0 aliphatic carbocycles. The number of nitrogens with two attached hydrogens (primary N) is 1. The number of hydrogen-bond acceptors (Lipinski definition) is 4. The first-order valence-electron chi connectivity index (χ1n) is 7.05. The highest BCUT2D eigenvalue weighted by atomic mass is 19.4. The van der Waals surface area contributed by atoms with E-state index >= 15 is 0 Å². The Morgan fingerprint density at radius 1 is 1.15 bits per heavy atom. The smallest absolute Gasteiger partial charge is 0.389 e. The van der Waals surface area contributed by atoms with E-state index in [-0.39, 0.29) is 0 Å². The van der Waals surface area contributed by atoms with Crippen molar-refractivity contribution in [2.24, 2.45) is 5.73 Å². The molecule has 0 aromatic carbocycles. The normalized spacial score (nSPS) is 22.8. The summed E-state index contributed by atoms with van der Waals surface area (Å²) in [4.78, 5) is 3.41. The van der Waals surface area contributed by atoms with E-state index in [1.165, 1.54) is 4.90 Å². The van der Waals surface area contributed by atoms with Crippen molar-refractivity contribution < 1.29 is 18.3 Å². The van der Waals surface area contributed by atoms with Crippen molar-refractivity contribution in [1.29, 1.82) is 0 Å². The molecule has 0 amide bonds. The van der Waals surface area contributed by atoms with Crippen molar-refractivity contribution in [3.63, 3.8) is 0 Å². The first-order valence-corrected chi connectivity index (χ1v) is 7.05. The Morgan fingerprint density at radius 3 is 2.00 bits per heavy atom. The third-order valence-electron chi connectivity index (χ3n) is 3.62. The molecular weight excluding hydrogens is 271 g/mol. The molecule has 1 fully saturated rings. The van der Waals surface area contributed by atoms with E-state index in [1.54, 1.807) is 20.8 Å². The quantitative estimate of drug-likeness (QED) is 0.796. The van der Waals surface area contributed by atoms with Crippen LogP contribution >= 0.6 is 0 Å². The predicted octanol–water partition coefficient (Wildman–Crippen LogP) is 1.04. The zero-order valence-corrected chi connectivity index (χ0v) is 12.5. The van der Waals surface area contributed by atoms with Crippen molar-refractivity contribution in [3.8, 4) is 0 Å².